The zero-order chi connectivity index (χ0) is 18.8. The van der Waals surface area contributed by atoms with Gasteiger partial charge in [-0.05, 0) is 32.2 Å². The van der Waals surface area contributed by atoms with Crippen molar-refractivity contribution in [3.63, 3.8) is 0 Å². The van der Waals surface area contributed by atoms with Crippen LogP contribution in [-0.2, 0) is 14.3 Å². The van der Waals surface area contributed by atoms with E-state index in [0.717, 1.165) is 51.4 Å². The number of unbranched alkanes of at least 4 members (excludes halogenated alkanes) is 1. The van der Waals surface area contributed by atoms with Crippen LogP contribution in [-0.4, -0.2) is 83.1 Å². The number of piperazine rings is 1. The molecule has 3 aliphatic heterocycles. The Balaban J connectivity index is 1.18. The van der Waals surface area contributed by atoms with Gasteiger partial charge in [0.2, 0.25) is 0 Å². The fourth-order valence-corrected chi connectivity index (χ4v) is 4.11. The molecule has 0 radical (unpaired) electrons. The number of imide groups is 1. The van der Waals surface area contributed by atoms with Crippen LogP contribution in [0.4, 0.5) is 5.82 Å². The molecule has 1 aromatic heterocycles. The van der Waals surface area contributed by atoms with Gasteiger partial charge in [0.05, 0.1) is 12.4 Å². The first-order valence-electron chi connectivity index (χ1n) is 9.57. The SMILES string of the molecule is O=C1C2CCC(O2)C(=O)N1CCCCN1CCN(c2cncc(Cl)n2)CC1. The fourth-order valence-electron chi connectivity index (χ4n) is 3.97. The van der Waals surface area contributed by atoms with E-state index in [1.807, 2.05) is 0 Å². The predicted molar refractivity (Wildman–Crippen MR) is 99.5 cm³/mol. The van der Waals surface area contributed by atoms with Gasteiger partial charge in [0.15, 0.2) is 0 Å². The second-order valence-corrected chi connectivity index (χ2v) is 7.64. The molecule has 0 N–H and O–H groups in total. The van der Waals surface area contributed by atoms with Gasteiger partial charge in [0.25, 0.3) is 11.8 Å². The lowest BCUT2D eigenvalue weighted by Crippen LogP contribution is -2.52. The average Bonchev–Trinajstić information content (AvgIpc) is 3.14. The molecule has 2 atom stereocenters. The van der Waals surface area contributed by atoms with Crippen LogP contribution in [0.1, 0.15) is 25.7 Å². The number of amides is 2. The van der Waals surface area contributed by atoms with Crippen molar-refractivity contribution in [2.45, 2.75) is 37.9 Å². The zero-order valence-electron chi connectivity index (χ0n) is 15.2. The van der Waals surface area contributed by atoms with Crippen molar-refractivity contribution >= 4 is 29.2 Å². The summed E-state index contributed by atoms with van der Waals surface area (Å²) in [5.41, 5.74) is 0. The molecule has 3 aliphatic rings. The molecule has 2 amide bonds. The van der Waals surface area contributed by atoms with E-state index in [1.54, 1.807) is 6.20 Å². The molecule has 8 nitrogen and oxygen atoms in total. The number of carbonyl (C=O) groups excluding carboxylic acids is 2. The number of rotatable bonds is 6. The Hall–Kier alpha value is -1.77. The van der Waals surface area contributed by atoms with Crippen LogP contribution in [0.25, 0.3) is 0 Å². The molecule has 3 saturated heterocycles. The van der Waals surface area contributed by atoms with E-state index in [2.05, 4.69) is 19.8 Å². The highest BCUT2D eigenvalue weighted by atomic mass is 35.5. The topological polar surface area (TPSA) is 78.9 Å². The quantitative estimate of drug-likeness (QED) is 0.526. The van der Waals surface area contributed by atoms with Crippen molar-refractivity contribution in [1.29, 1.82) is 0 Å². The Morgan fingerprint density at radius 2 is 1.67 bits per heavy atom. The summed E-state index contributed by atoms with van der Waals surface area (Å²) >= 11 is 5.91. The molecular weight excluding hydrogens is 370 g/mol. The Bertz CT molecular complexity index is 688. The Labute approximate surface area is 163 Å². The maximum atomic E-state index is 12.2. The van der Waals surface area contributed by atoms with Crippen molar-refractivity contribution in [3.8, 4) is 0 Å². The summed E-state index contributed by atoms with van der Waals surface area (Å²) in [6, 6.07) is 0. The number of nitrogens with zero attached hydrogens (tertiary/aromatic N) is 5. The number of carbonyl (C=O) groups is 2. The number of hydrogen-bond donors (Lipinski definition) is 0. The first-order chi connectivity index (χ1) is 13.1. The van der Waals surface area contributed by atoms with Crippen molar-refractivity contribution in [3.05, 3.63) is 17.5 Å². The largest absolute Gasteiger partial charge is 0.355 e. The summed E-state index contributed by atoms with van der Waals surface area (Å²) in [7, 11) is 0. The lowest BCUT2D eigenvalue weighted by atomic mass is 10.2. The molecule has 27 heavy (non-hydrogen) atoms. The predicted octanol–water partition coefficient (Wildman–Crippen LogP) is 0.949. The van der Waals surface area contributed by atoms with Crippen LogP contribution in [0.15, 0.2) is 12.4 Å². The van der Waals surface area contributed by atoms with Crippen molar-refractivity contribution < 1.29 is 14.3 Å². The van der Waals surface area contributed by atoms with Crippen LogP contribution in [0, 0.1) is 0 Å². The maximum absolute atomic E-state index is 12.2. The molecule has 0 saturated carbocycles. The van der Waals surface area contributed by atoms with Crippen molar-refractivity contribution in [2.24, 2.45) is 0 Å². The first-order valence-corrected chi connectivity index (χ1v) is 9.95. The van der Waals surface area contributed by atoms with E-state index in [9.17, 15) is 9.59 Å². The monoisotopic (exact) mass is 393 g/mol. The van der Waals surface area contributed by atoms with Crippen LogP contribution in [0.5, 0.6) is 0 Å². The molecular formula is C18H24ClN5O3. The van der Waals surface area contributed by atoms with Crippen LogP contribution in [0.3, 0.4) is 0 Å². The lowest BCUT2D eigenvalue weighted by molar-refractivity contribution is -0.168. The molecule has 4 heterocycles. The molecule has 0 aliphatic carbocycles. The molecule has 3 fully saturated rings. The number of hydrogen-bond acceptors (Lipinski definition) is 7. The third kappa shape index (κ3) is 4.07. The molecule has 0 spiro atoms. The van der Waals surface area contributed by atoms with Gasteiger partial charge in [0.1, 0.15) is 23.2 Å². The molecule has 2 bridgehead atoms. The average molecular weight is 394 g/mol. The smallest absolute Gasteiger partial charge is 0.258 e. The number of anilines is 1. The number of morpholine rings is 1. The van der Waals surface area contributed by atoms with Crippen molar-refractivity contribution in [2.75, 3.05) is 44.2 Å². The van der Waals surface area contributed by atoms with Gasteiger partial charge in [-0.25, -0.2) is 4.98 Å². The van der Waals surface area contributed by atoms with Gasteiger partial charge < -0.3 is 9.64 Å². The van der Waals surface area contributed by atoms with E-state index in [4.69, 9.17) is 16.3 Å². The van der Waals surface area contributed by atoms with E-state index in [0.29, 0.717) is 24.5 Å². The number of aromatic nitrogens is 2. The second kappa shape index (κ2) is 8.08. The maximum Gasteiger partial charge on any atom is 0.258 e. The van der Waals surface area contributed by atoms with Gasteiger partial charge >= 0.3 is 0 Å². The van der Waals surface area contributed by atoms with Gasteiger partial charge in [-0.15, -0.1) is 0 Å². The summed E-state index contributed by atoms with van der Waals surface area (Å²) in [5.74, 6) is 0.524. The highest BCUT2D eigenvalue weighted by molar-refractivity contribution is 6.29. The highest BCUT2D eigenvalue weighted by Crippen LogP contribution is 2.28. The molecule has 9 heteroatoms. The number of likely N-dealkylation sites (tertiary alicyclic amines) is 1. The summed E-state index contributed by atoms with van der Waals surface area (Å²) in [5, 5.41) is 0.413. The third-order valence-corrected chi connectivity index (χ3v) is 5.68. The molecule has 1 aromatic rings. The highest BCUT2D eigenvalue weighted by Gasteiger charge is 2.46. The molecule has 4 rings (SSSR count). The summed E-state index contributed by atoms with van der Waals surface area (Å²) in [6.45, 7) is 5.15. The van der Waals surface area contributed by atoms with Crippen LogP contribution < -0.4 is 4.90 Å². The van der Waals surface area contributed by atoms with E-state index < -0.39 is 12.2 Å². The van der Waals surface area contributed by atoms with E-state index >= 15 is 0 Å². The van der Waals surface area contributed by atoms with E-state index in [-0.39, 0.29) is 11.8 Å². The molecule has 146 valence electrons. The van der Waals surface area contributed by atoms with Crippen LogP contribution in [0.2, 0.25) is 5.15 Å². The van der Waals surface area contributed by atoms with Gasteiger partial charge in [-0.1, -0.05) is 11.6 Å². The van der Waals surface area contributed by atoms with Gasteiger partial charge in [-0.3, -0.25) is 24.4 Å². The van der Waals surface area contributed by atoms with Gasteiger partial charge in [-0.2, -0.15) is 0 Å². The van der Waals surface area contributed by atoms with E-state index in [1.165, 1.54) is 11.1 Å². The first kappa shape index (κ1) is 18.6. The summed E-state index contributed by atoms with van der Waals surface area (Å²) < 4.78 is 5.44. The van der Waals surface area contributed by atoms with Crippen LogP contribution >= 0.6 is 11.6 Å². The van der Waals surface area contributed by atoms with Gasteiger partial charge in [0, 0.05) is 32.7 Å². The summed E-state index contributed by atoms with van der Waals surface area (Å²) in [4.78, 5) is 38.9. The Morgan fingerprint density at radius 3 is 2.33 bits per heavy atom. The minimum Gasteiger partial charge on any atom is -0.355 e. The normalized spacial score (nSPS) is 26.1. The van der Waals surface area contributed by atoms with Crippen molar-refractivity contribution in [1.82, 2.24) is 19.8 Å². The second-order valence-electron chi connectivity index (χ2n) is 7.25. The minimum absolute atomic E-state index is 0.148. The zero-order valence-corrected chi connectivity index (χ0v) is 16.0. The minimum atomic E-state index is -0.393. The molecule has 2 unspecified atom stereocenters. The number of halogens is 1. The Morgan fingerprint density at radius 1 is 1.00 bits per heavy atom. The fraction of sp³-hybridized carbons (Fsp3) is 0.667. The number of fused-ring (bicyclic) bond motifs is 2. The Kier molecular flexibility index (Phi) is 5.56. The summed E-state index contributed by atoms with van der Waals surface area (Å²) in [6.07, 6.45) is 5.63. The lowest BCUT2D eigenvalue weighted by Gasteiger charge is -2.35. The molecule has 0 aromatic carbocycles. The third-order valence-electron chi connectivity index (χ3n) is 5.50. The standard InChI is InChI=1S/C18H24ClN5O3/c19-15-11-20-12-16(21-15)23-9-7-22(8-10-23)5-1-2-6-24-17(25)13-3-4-14(27-13)18(24)26/h11-14H,1-10H2. The number of ether oxygens (including phenoxy) is 1.